The van der Waals surface area contributed by atoms with E-state index in [1.165, 1.54) is 0 Å². The second-order valence-corrected chi connectivity index (χ2v) is 5.20. The second-order valence-electron chi connectivity index (χ2n) is 4.04. The molecule has 0 spiro atoms. The maximum Gasteiger partial charge on any atom is 0.122 e. The molecule has 2 nitrogen and oxygen atoms in total. The van der Waals surface area contributed by atoms with Gasteiger partial charge in [0.15, 0.2) is 0 Å². The average Bonchev–Trinajstić information content (AvgIpc) is 2.79. The Morgan fingerprint density at radius 3 is 2.67 bits per heavy atom. The van der Waals surface area contributed by atoms with Crippen LogP contribution in [0.2, 0.25) is 0 Å². The molecule has 1 heterocycles. The van der Waals surface area contributed by atoms with Gasteiger partial charge in [0.1, 0.15) is 18.1 Å². The average molecular weight is 256 g/mol. The fraction of sp³-hybridized carbons (Fsp3) is 0.0667. The smallest absolute Gasteiger partial charge is 0.122 e. The summed E-state index contributed by atoms with van der Waals surface area (Å²) >= 11 is 1.65. The number of ether oxygens (including phenoxy) is 1. The topological polar surface area (TPSA) is 29.5 Å². The zero-order chi connectivity index (χ0) is 12.4. The minimum absolute atomic E-state index is 0.305. The molecule has 90 valence electrons. The van der Waals surface area contributed by atoms with Crippen LogP contribution in [0, 0.1) is 0 Å². The molecular weight excluding hydrogens is 244 g/mol. The van der Waals surface area contributed by atoms with Gasteiger partial charge in [0.2, 0.25) is 0 Å². The van der Waals surface area contributed by atoms with Crippen molar-refractivity contribution in [3.63, 3.8) is 0 Å². The predicted octanol–water partition coefficient (Wildman–Crippen LogP) is 4.19. The van der Waals surface area contributed by atoms with E-state index in [1.807, 2.05) is 36.4 Å². The van der Waals surface area contributed by atoms with Crippen molar-refractivity contribution in [2.24, 2.45) is 0 Å². The van der Waals surface area contributed by atoms with Crippen LogP contribution in [0.5, 0.6) is 11.5 Å². The van der Waals surface area contributed by atoms with E-state index in [-0.39, 0.29) is 0 Å². The monoisotopic (exact) mass is 256 g/mol. The van der Waals surface area contributed by atoms with E-state index in [0.717, 1.165) is 20.7 Å². The highest BCUT2D eigenvalue weighted by Gasteiger charge is 2.03. The number of phenolic OH excluding ortho intramolecular Hbond substituents is 1. The van der Waals surface area contributed by atoms with Gasteiger partial charge in [-0.15, -0.1) is 11.3 Å². The van der Waals surface area contributed by atoms with Crippen LogP contribution in [0.1, 0.15) is 4.88 Å². The Bertz CT molecular complexity index is 659. The lowest BCUT2D eigenvalue weighted by molar-refractivity contribution is 0.310. The fourth-order valence-corrected chi connectivity index (χ4v) is 2.83. The van der Waals surface area contributed by atoms with Crippen molar-refractivity contribution in [3.05, 3.63) is 59.5 Å². The summed E-state index contributed by atoms with van der Waals surface area (Å²) in [6.45, 7) is 0.560. The first kappa shape index (κ1) is 11.1. The Morgan fingerprint density at radius 2 is 1.83 bits per heavy atom. The Kier molecular flexibility index (Phi) is 2.90. The minimum Gasteiger partial charge on any atom is -0.508 e. The number of fused-ring (bicyclic) bond motifs is 1. The Balaban J connectivity index is 1.79. The van der Waals surface area contributed by atoms with Crippen molar-refractivity contribution in [1.82, 2.24) is 0 Å². The second kappa shape index (κ2) is 4.70. The largest absolute Gasteiger partial charge is 0.508 e. The number of benzene rings is 2. The highest BCUT2D eigenvalue weighted by molar-refractivity contribution is 7.19. The first-order chi connectivity index (χ1) is 8.81. The fourth-order valence-electron chi connectivity index (χ4n) is 1.82. The highest BCUT2D eigenvalue weighted by atomic mass is 32.1. The zero-order valence-corrected chi connectivity index (χ0v) is 10.5. The molecule has 0 atom stereocenters. The van der Waals surface area contributed by atoms with Crippen molar-refractivity contribution in [2.45, 2.75) is 6.61 Å². The molecular formula is C15H12O2S. The molecule has 0 saturated carbocycles. The van der Waals surface area contributed by atoms with E-state index in [4.69, 9.17) is 4.74 Å². The lowest BCUT2D eigenvalue weighted by Crippen LogP contribution is -1.91. The third kappa shape index (κ3) is 2.31. The SMILES string of the molecule is Oc1ccc2cc(COc3ccccc3)sc2c1. The van der Waals surface area contributed by atoms with E-state index < -0.39 is 0 Å². The molecule has 0 radical (unpaired) electrons. The van der Waals surface area contributed by atoms with Crippen LogP contribution in [0.15, 0.2) is 54.6 Å². The lowest BCUT2D eigenvalue weighted by Gasteiger charge is -2.02. The summed E-state index contributed by atoms with van der Waals surface area (Å²) in [7, 11) is 0. The van der Waals surface area contributed by atoms with E-state index in [9.17, 15) is 5.11 Å². The molecule has 0 aliphatic carbocycles. The summed E-state index contributed by atoms with van der Waals surface area (Å²) < 4.78 is 6.78. The summed E-state index contributed by atoms with van der Waals surface area (Å²) in [4.78, 5) is 1.15. The van der Waals surface area contributed by atoms with Crippen molar-refractivity contribution in [1.29, 1.82) is 0 Å². The molecule has 18 heavy (non-hydrogen) atoms. The Labute approximate surface area is 109 Å². The summed E-state index contributed by atoms with van der Waals surface area (Å²) in [6.07, 6.45) is 0. The van der Waals surface area contributed by atoms with Gasteiger partial charge in [-0.2, -0.15) is 0 Å². The van der Waals surface area contributed by atoms with Crippen molar-refractivity contribution in [2.75, 3.05) is 0 Å². The normalized spacial score (nSPS) is 10.7. The summed E-state index contributed by atoms with van der Waals surface area (Å²) in [5.74, 6) is 1.18. The van der Waals surface area contributed by atoms with Crippen molar-refractivity contribution < 1.29 is 9.84 Å². The van der Waals surface area contributed by atoms with E-state index in [2.05, 4.69) is 6.07 Å². The van der Waals surface area contributed by atoms with Gasteiger partial charge < -0.3 is 9.84 Å². The third-order valence-corrected chi connectivity index (χ3v) is 3.75. The van der Waals surface area contributed by atoms with Gasteiger partial charge in [0.05, 0.1) is 0 Å². The van der Waals surface area contributed by atoms with E-state index in [0.29, 0.717) is 12.4 Å². The molecule has 0 unspecified atom stereocenters. The molecule has 3 heteroatoms. The number of thiophene rings is 1. The molecule has 3 rings (SSSR count). The van der Waals surface area contributed by atoms with Gasteiger partial charge in [-0.3, -0.25) is 0 Å². The predicted molar refractivity (Wildman–Crippen MR) is 74.3 cm³/mol. The van der Waals surface area contributed by atoms with Crippen LogP contribution in [-0.4, -0.2) is 5.11 Å². The Morgan fingerprint density at radius 1 is 1.00 bits per heavy atom. The van der Waals surface area contributed by atoms with Crippen LogP contribution >= 0.6 is 11.3 Å². The Hall–Kier alpha value is -2.00. The zero-order valence-electron chi connectivity index (χ0n) is 9.67. The minimum atomic E-state index is 0.305. The van der Waals surface area contributed by atoms with Gasteiger partial charge in [0.25, 0.3) is 0 Å². The molecule has 0 amide bonds. The van der Waals surface area contributed by atoms with Crippen LogP contribution < -0.4 is 4.74 Å². The molecule has 2 aromatic carbocycles. The van der Waals surface area contributed by atoms with Crippen LogP contribution in [-0.2, 0) is 6.61 Å². The van der Waals surface area contributed by atoms with Crippen LogP contribution in [0.25, 0.3) is 10.1 Å². The first-order valence-corrected chi connectivity index (χ1v) is 6.52. The molecule has 1 aromatic heterocycles. The molecule has 0 fully saturated rings. The molecule has 3 aromatic rings. The van der Waals surface area contributed by atoms with E-state index in [1.54, 1.807) is 23.5 Å². The van der Waals surface area contributed by atoms with Crippen molar-refractivity contribution >= 4 is 21.4 Å². The van der Waals surface area contributed by atoms with Crippen LogP contribution in [0.3, 0.4) is 0 Å². The number of hydrogen-bond donors (Lipinski definition) is 1. The summed E-state index contributed by atoms with van der Waals surface area (Å²) in [5, 5.41) is 10.6. The summed E-state index contributed by atoms with van der Waals surface area (Å²) in [5.41, 5.74) is 0. The number of phenols is 1. The van der Waals surface area contributed by atoms with Gasteiger partial charge >= 0.3 is 0 Å². The van der Waals surface area contributed by atoms with Crippen molar-refractivity contribution in [3.8, 4) is 11.5 Å². The molecule has 0 bridgehead atoms. The van der Waals surface area contributed by atoms with E-state index >= 15 is 0 Å². The van der Waals surface area contributed by atoms with Gasteiger partial charge in [-0.1, -0.05) is 18.2 Å². The highest BCUT2D eigenvalue weighted by Crippen LogP contribution is 2.29. The molecule has 0 aliphatic rings. The number of rotatable bonds is 3. The quantitative estimate of drug-likeness (QED) is 0.761. The number of para-hydroxylation sites is 1. The summed E-state index contributed by atoms with van der Waals surface area (Å²) in [6, 6.07) is 17.3. The maximum absolute atomic E-state index is 9.42. The first-order valence-electron chi connectivity index (χ1n) is 5.70. The van der Waals surface area contributed by atoms with Gasteiger partial charge in [0, 0.05) is 9.58 Å². The standard InChI is InChI=1S/C15H12O2S/c16-12-7-6-11-8-14(18-15(11)9-12)10-17-13-4-2-1-3-5-13/h1-9,16H,10H2. The van der Waals surface area contributed by atoms with Gasteiger partial charge in [-0.25, -0.2) is 0 Å². The third-order valence-electron chi connectivity index (χ3n) is 2.68. The molecule has 0 saturated heterocycles. The van der Waals surface area contributed by atoms with Gasteiger partial charge in [-0.05, 0) is 41.8 Å². The number of hydrogen-bond acceptors (Lipinski definition) is 3. The number of aromatic hydroxyl groups is 1. The van der Waals surface area contributed by atoms with Crippen LogP contribution in [0.4, 0.5) is 0 Å². The maximum atomic E-state index is 9.42. The lowest BCUT2D eigenvalue weighted by atomic mass is 10.2. The molecule has 0 aliphatic heterocycles. The molecule has 1 N–H and O–H groups in total.